The van der Waals surface area contributed by atoms with Crippen molar-refractivity contribution in [3.05, 3.63) is 6.42 Å². The Kier molecular flexibility index (Phi) is 9.80. The molecule has 2 aliphatic carbocycles. The Morgan fingerprint density at radius 1 is 0.667 bits per heavy atom. The molecule has 0 aromatic rings. The first-order chi connectivity index (χ1) is 11.7. The molecule has 0 heteroatoms. The average molecular weight is 334 g/mol. The lowest BCUT2D eigenvalue weighted by Gasteiger charge is -2.35. The summed E-state index contributed by atoms with van der Waals surface area (Å²) < 4.78 is 0. The zero-order valence-corrected chi connectivity index (χ0v) is 17.1. The van der Waals surface area contributed by atoms with Crippen LogP contribution in [-0.4, -0.2) is 0 Å². The summed E-state index contributed by atoms with van der Waals surface area (Å²) in [5.74, 6) is 4.71. The molecule has 0 N–H and O–H groups in total. The third-order valence-electron chi connectivity index (χ3n) is 7.62. The predicted octanol–water partition coefficient (Wildman–Crippen LogP) is 8.21. The highest BCUT2D eigenvalue weighted by molar-refractivity contribution is 4.84. The van der Waals surface area contributed by atoms with Crippen molar-refractivity contribution in [3.63, 3.8) is 0 Å². The molecule has 0 aliphatic heterocycles. The zero-order chi connectivity index (χ0) is 17.2. The summed E-state index contributed by atoms with van der Waals surface area (Å²) in [6.07, 6.45) is 25.0. The standard InChI is InChI=1S/C24H45/c1-4-22(24-17-13-9-6-10-14-18-24)19-20(2)21(3)23-15-11-7-5-8-12-16-23/h4,20-24H,5-19H2,1-3H3. The van der Waals surface area contributed by atoms with E-state index in [0.29, 0.717) is 0 Å². The van der Waals surface area contributed by atoms with Gasteiger partial charge < -0.3 is 0 Å². The summed E-state index contributed by atoms with van der Waals surface area (Å²) in [6.45, 7) is 7.50. The number of rotatable bonds is 6. The van der Waals surface area contributed by atoms with E-state index in [1.807, 2.05) is 0 Å². The fraction of sp³-hybridized carbons (Fsp3) is 0.958. The molecule has 3 atom stereocenters. The lowest BCUT2D eigenvalue weighted by atomic mass is 9.71. The van der Waals surface area contributed by atoms with Crippen LogP contribution in [0.25, 0.3) is 0 Å². The second-order valence-electron chi connectivity index (χ2n) is 9.28. The van der Waals surface area contributed by atoms with Crippen molar-refractivity contribution >= 4 is 0 Å². The van der Waals surface area contributed by atoms with Crippen molar-refractivity contribution in [2.45, 2.75) is 117 Å². The van der Waals surface area contributed by atoms with Gasteiger partial charge in [-0.25, -0.2) is 0 Å². The highest BCUT2D eigenvalue weighted by atomic mass is 14.3. The van der Waals surface area contributed by atoms with Crippen LogP contribution in [0.1, 0.15) is 117 Å². The van der Waals surface area contributed by atoms with Gasteiger partial charge in [0.25, 0.3) is 0 Å². The third-order valence-corrected chi connectivity index (χ3v) is 7.62. The van der Waals surface area contributed by atoms with Crippen molar-refractivity contribution < 1.29 is 0 Å². The second kappa shape index (κ2) is 11.6. The molecule has 0 aromatic heterocycles. The maximum Gasteiger partial charge on any atom is -0.0355 e. The molecule has 0 amide bonds. The van der Waals surface area contributed by atoms with E-state index < -0.39 is 0 Å². The summed E-state index contributed by atoms with van der Waals surface area (Å²) in [4.78, 5) is 0. The van der Waals surface area contributed by atoms with Crippen LogP contribution in [0.15, 0.2) is 0 Å². The molecule has 0 aromatic carbocycles. The summed E-state index contributed by atoms with van der Waals surface area (Å²) >= 11 is 0. The molecule has 141 valence electrons. The molecular weight excluding hydrogens is 288 g/mol. The number of hydrogen-bond acceptors (Lipinski definition) is 0. The highest BCUT2D eigenvalue weighted by Gasteiger charge is 2.28. The smallest absolute Gasteiger partial charge is 0.0355 e. The minimum Gasteiger partial charge on any atom is -0.0622 e. The van der Waals surface area contributed by atoms with Gasteiger partial charge in [0.15, 0.2) is 0 Å². The average Bonchev–Trinajstić information content (AvgIpc) is 2.52. The summed E-state index contributed by atoms with van der Waals surface area (Å²) in [5, 5.41) is 0. The lowest BCUT2D eigenvalue weighted by molar-refractivity contribution is 0.171. The van der Waals surface area contributed by atoms with Gasteiger partial charge in [0.2, 0.25) is 0 Å². The van der Waals surface area contributed by atoms with Gasteiger partial charge in [0.05, 0.1) is 0 Å². The Morgan fingerprint density at radius 3 is 1.54 bits per heavy atom. The van der Waals surface area contributed by atoms with Gasteiger partial charge in [-0.05, 0) is 42.4 Å². The van der Waals surface area contributed by atoms with Gasteiger partial charge in [-0.15, -0.1) is 0 Å². The second-order valence-corrected chi connectivity index (χ2v) is 9.28. The van der Waals surface area contributed by atoms with E-state index in [-0.39, 0.29) is 0 Å². The van der Waals surface area contributed by atoms with E-state index >= 15 is 0 Å². The van der Waals surface area contributed by atoms with Gasteiger partial charge in [-0.1, -0.05) is 111 Å². The van der Waals surface area contributed by atoms with Crippen molar-refractivity contribution in [3.8, 4) is 0 Å². The Morgan fingerprint density at radius 2 is 1.08 bits per heavy atom. The van der Waals surface area contributed by atoms with Crippen LogP contribution in [0.4, 0.5) is 0 Å². The minimum atomic E-state index is 0.883. The van der Waals surface area contributed by atoms with E-state index in [1.165, 1.54) is 96.3 Å². The van der Waals surface area contributed by atoms with Crippen LogP contribution in [0.3, 0.4) is 0 Å². The summed E-state index contributed by atoms with van der Waals surface area (Å²) in [6, 6.07) is 0. The third kappa shape index (κ3) is 6.72. The summed E-state index contributed by atoms with van der Waals surface area (Å²) in [7, 11) is 0. The first-order valence-electron chi connectivity index (χ1n) is 11.5. The van der Waals surface area contributed by atoms with Gasteiger partial charge in [0, 0.05) is 0 Å². The van der Waals surface area contributed by atoms with E-state index in [1.54, 1.807) is 0 Å². The minimum absolute atomic E-state index is 0.883. The lowest BCUT2D eigenvalue weighted by Crippen LogP contribution is -2.25. The predicted molar refractivity (Wildman–Crippen MR) is 108 cm³/mol. The van der Waals surface area contributed by atoms with Crippen molar-refractivity contribution in [1.82, 2.24) is 0 Å². The van der Waals surface area contributed by atoms with Crippen LogP contribution in [0.2, 0.25) is 0 Å². The molecule has 0 saturated heterocycles. The van der Waals surface area contributed by atoms with Crippen LogP contribution in [-0.2, 0) is 0 Å². The van der Waals surface area contributed by atoms with E-state index in [9.17, 15) is 0 Å². The highest BCUT2D eigenvalue weighted by Crippen LogP contribution is 2.39. The SMILES string of the molecule is C[CH]C(CC(C)C(C)C1CCCCCCC1)C1CCCCCCC1. The molecule has 0 spiro atoms. The monoisotopic (exact) mass is 333 g/mol. The molecule has 2 saturated carbocycles. The molecule has 2 fully saturated rings. The Labute approximate surface area is 153 Å². The van der Waals surface area contributed by atoms with Gasteiger partial charge in [-0.2, -0.15) is 0 Å². The molecule has 0 nitrogen and oxygen atoms in total. The van der Waals surface area contributed by atoms with Crippen LogP contribution in [0, 0.1) is 36.0 Å². The quantitative estimate of drug-likeness (QED) is 0.459. The fourth-order valence-electron chi connectivity index (χ4n) is 5.64. The zero-order valence-electron chi connectivity index (χ0n) is 17.1. The van der Waals surface area contributed by atoms with Crippen molar-refractivity contribution in [2.75, 3.05) is 0 Å². The molecule has 2 rings (SSSR count). The Balaban J connectivity index is 1.85. The maximum atomic E-state index is 2.59. The van der Waals surface area contributed by atoms with Crippen LogP contribution < -0.4 is 0 Å². The molecular formula is C24H45. The van der Waals surface area contributed by atoms with Gasteiger partial charge in [0.1, 0.15) is 0 Å². The van der Waals surface area contributed by atoms with Crippen LogP contribution in [0.5, 0.6) is 0 Å². The van der Waals surface area contributed by atoms with E-state index in [4.69, 9.17) is 0 Å². The maximum absolute atomic E-state index is 2.59. The first kappa shape index (κ1) is 20.3. The molecule has 1 radical (unpaired) electrons. The number of hydrogen-bond donors (Lipinski definition) is 0. The molecule has 2 aliphatic rings. The van der Waals surface area contributed by atoms with Crippen LogP contribution >= 0.6 is 0 Å². The molecule has 0 heterocycles. The Bertz CT molecular complexity index is 291. The first-order valence-corrected chi connectivity index (χ1v) is 11.5. The normalized spacial score (nSPS) is 26.6. The van der Waals surface area contributed by atoms with Gasteiger partial charge in [-0.3, -0.25) is 0 Å². The van der Waals surface area contributed by atoms with E-state index in [2.05, 4.69) is 27.2 Å². The molecule has 0 bridgehead atoms. The molecule has 24 heavy (non-hydrogen) atoms. The summed E-state index contributed by atoms with van der Waals surface area (Å²) in [5.41, 5.74) is 0. The fourth-order valence-corrected chi connectivity index (χ4v) is 5.64. The molecule has 3 unspecified atom stereocenters. The largest absolute Gasteiger partial charge is 0.0622 e. The topological polar surface area (TPSA) is 0 Å². The van der Waals surface area contributed by atoms with Gasteiger partial charge >= 0.3 is 0 Å². The van der Waals surface area contributed by atoms with Crippen molar-refractivity contribution in [2.24, 2.45) is 29.6 Å². The van der Waals surface area contributed by atoms with E-state index in [0.717, 1.165) is 29.6 Å². The Hall–Kier alpha value is 0. The van der Waals surface area contributed by atoms with Crippen molar-refractivity contribution in [1.29, 1.82) is 0 Å².